The predicted molar refractivity (Wildman–Crippen MR) is 111 cm³/mol. The van der Waals surface area contributed by atoms with E-state index >= 15 is 0 Å². The molecule has 0 amide bonds. The highest BCUT2D eigenvalue weighted by Crippen LogP contribution is 2.04. The molecular weight excluding hydrogens is 432 g/mol. The van der Waals surface area contributed by atoms with Gasteiger partial charge in [-0.25, -0.2) is 9.37 Å². The van der Waals surface area contributed by atoms with Crippen LogP contribution in [0.3, 0.4) is 0 Å². The number of nitrogens with zero attached hydrogens (tertiary/aromatic N) is 3. The van der Waals surface area contributed by atoms with Crippen LogP contribution in [-0.2, 0) is 19.5 Å². The lowest BCUT2D eigenvalue weighted by Crippen LogP contribution is -2.38. The minimum atomic E-state index is -0.202. The van der Waals surface area contributed by atoms with Gasteiger partial charge in [0.1, 0.15) is 11.6 Å². The lowest BCUT2D eigenvalue weighted by atomic mass is 10.1. The highest BCUT2D eigenvalue weighted by Gasteiger charge is 2.06. The van der Waals surface area contributed by atoms with E-state index in [-0.39, 0.29) is 29.8 Å². The van der Waals surface area contributed by atoms with Crippen LogP contribution >= 0.6 is 24.0 Å². The number of benzene rings is 1. The van der Waals surface area contributed by atoms with E-state index in [0.29, 0.717) is 25.0 Å². The molecule has 5 nitrogen and oxygen atoms in total. The lowest BCUT2D eigenvalue weighted by Gasteiger charge is -2.14. The van der Waals surface area contributed by atoms with Crippen LogP contribution in [0.2, 0.25) is 0 Å². The van der Waals surface area contributed by atoms with Crippen molar-refractivity contribution < 1.29 is 4.39 Å². The molecule has 0 fully saturated rings. The first-order valence-electron chi connectivity index (χ1n) is 8.27. The molecular formula is C18H27FIN5. The summed E-state index contributed by atoms with van der Waals surface area (Å²) in [6.07, 6.45) is 4.55. The van der Waals surface area contributed by atoms with Crippen molar-refractivity contribution in [1.82, 2.24) is 20.2 Å². The highest BCUT2D eigenvalue weighted by atomic mass is 127. The summed E-state index contributed by atoms with van der Waals surface area (Å²) in [7, 11) is 1.73. The van der Waals surface area contributed by atoms with Crippen LogP contribution in [0.5, 0.6) is 0 Å². The molecule has 0 aliphatic rings. The van der Waals surface area contributed by atoms with Gasteiger partial charge in [0.15, 0.2) is 5.96 Å². The van der Waals surface area contributed by atoms with E-state index in [1.165, 1.54) is 6.07 Å². The number of aliphatic imine (C=N–C) groups is 1. The number of hydrogen-bond acceptors (Lipinski definition) is 2. The third-order valence-corrected chi connectivity index (χ3v) is 3.60. The number of aromatic nitrogens is 2. The number of guanidine groups is 1. The van der Waals surface area contributed by atoms with Crippen LogP contribution in [0.25, 0.3) is 0 Å². The summed E-state index contributed by atoms with van der Waals surface area (Å²) in [6.45, 7) is 6.61. The smallest absolute Gasteiger partial charge is 0.191 e. The molecule has 0 saturated carbocycles. The summed E-state index contributed by atoms with van der Waals surface area (Å²) >= 11 is 0. The average molecular weight is 459 g/mol. The highest BCUT2D eigenvalue weighted by molar-refractivity contribution is 14.0. The van der Waals surface area contributed by atoms with E-state index in [1.54, 1.807) is 19.2 Å². The second-order valence-corrected chi connectivity index (χ2v) is 6.12. The molecule has 0 aliphatic carbocycles. The summed E-state index contributed by atoms with van der Waals surface area (Å²) in [4.78, 5) is 8.60. The van der Waals surface area contributed by atoms with Crippen molar-refractivity contribution >= 4 is 29.9 Å². The molecule has 25 heavy (non-hydrogen) atoms. The quantitative estimate of drug-likeness (QED) is 0.380. The van der Waals surface area contributed by atoms with Gasteiger partial charge >= 0.3 is 0 Å². The Morgan fingerprint density at radius 2 is 2.12 bits per heavy atom. The molecule has 1 heterocycles. The fourth-order valence-corrected chi connectivity index (χ4v) is 2.47. The molecule has 0 aliphatic heterocycles. The van der Waals surface area contributed by atoms with Crippen LogP contribution in [0.15, 0.2) is 41.7 Å². The van der Waals surface area contributed by atoms with E-state index in [0.717, 1.165) is 24.4 Å². The Kier molecular flexibility index (Phi) is 9.48. The van der Waals surface area contributed by atoms with Crippen molar-refractivity contribution in [2.45, 2.75) is 33.4 Å². The van der Waals surface area contributed by atoms with Crippen LogP contribution < -0.4 is 10.6 Å². The molecule has 0 radical (unpaired) electrons. The maximum absolute atomic E-state index is 13.2. The summed E-state index contributed by atoms with van der Waals surface area (Å²) in [5.41, 5.74) is 0.963. The number of rotatable bonds is 7. The Morgan fingerprint density at radius 1 is 1.32 bits per heavy atom. The van der Waals surface area contributed by atoms with Gasteiger partial charge in [-0.05, 0) is 30.0 Å². The summed E-state index contributed by atoms with van der Waals surface area (Å²) in [6, 6.07) is 6.66. The Labute approximate surface area is 166 Å². The zero-order chi connectivity index (χ0) is 17.4. The molecule has 1 aromatic carbocycles. The zero-order valence-corrected chi connectivity index (χ0v) is 17.3. The lowest BCUT2D eigenvalue weighted by molar-refractivity contribution is 0.503. The Hall–Kier alpha value is -1.64. The number of halogens is 2. The molecule has 2 aromatic rings. The maximum Gasteiger partial charge on any atom is 0.191 e. The summed E-state index contributed by atoms with van der Waals surface area (Å²) < 4.78 is 15.3. The minimum absolute atomic E-state index is 0. The van der Waals surface area contributed by atoms with E-state index in [4.69, 9.17) is 0 Å². The minimum Gasteiger partial charge on any atom is -0.356 e. The van der Waals surface area contributed by atoms with Crippen molar-refractivity contribution in [1.29, 1.82) is 0 Å². The predicted octanol–water partition coefficient (Wildman–Crippen LogP) is 3.20. The molecule has 1 aromatic heterocycles. The third kappa shape index (κ3) is 7.41. The van der Waals surface area contributed by atoms with Crippen molar-refractivity contribution in [3.8, 4) is 0 Å². The fourth-order valence-electron chi connectivity index (χ4n) is 2.47. The molecule has 0 atom stereocenters. The monoisotopic (exact) mass is 459 g/mol. The van der Waals surface area contributed by atoms with Crippen molar-refractivity contribution in [3.63, 3.8) is 0 Å². The van der Waals surface area contributed by atoms with Gasteiger partial charge in [-0.15, -0.1) is 24.0 Å². The number of nitrogens with one attached hydrogen (secondary N) is 2. The molecule has 0 bridgehead atoms. The van der Waals surface area contributed by atoms with Gasteiger partial charge in [0.25, 0.3) is 0 Å². The Morgan fingerprint density at radius 3 is 2.80 bits per heavy atom. The van der Waals surface area contributed by atoms with Gasteiger partial charge in [0, 0.05) is 32.5 Å². The maximum atomic E-state index is 13.2. The van der Waals surface area contributed by atoms with Crippen LogP contribution in [-0.4, -0.2) is 29.1 Å². The normalized spacial score (nSPS) is 11.3. The van der Waals surface area contributed by atoms with E-state index < -0.39 is 0 Å². The molecule has 7 heteroatoms. The van der Waals surface area contributed by atoms with Gasteiger partial charge in [0.05, 0.1) is 6.54 Å². The van der Waals surface area contributed by atoms with Crippen LogP contribution in [0.4, 0.5) is 4.39 Å². The molecule has 2 N–H and O–H groups in total. The molecule has 0 unspecified atom stereocenters. The topological polar surface area (TPSA) is 54.2 Å². The third-order valence-electron chi connectivity index (χ3n) is 3.60. The van der Waals surface area contributed by atoms with Gasteiger partial charge in [-0.2, -0.15) is 0 Å². The summed E-state index contributed by atoms with van der Waals surface area (Å²) in [5.74, 6) is 2.07. The second kappa shape index (κ2) is 11.1. The standard InChI is InChI=1S/C18H26FN5.HI/c1-14(2)13-24-10-9-21-17(24)12-23-18(20-3)22-8-7-15-5-4-6-16(19)11-15;/h4-6,9-11,14H,7-8,12-13H2,1-3H3,(H2,20,22,23);1H. The molecule has 0 spiro atoms. The first-order valence-corrected chi connectivity index (χ1v) is 8.27. The summed E-state index contributed by atoms with van der Waals surface area (Å²) in [5, 5.41) is 6.50. The van der Waals surface area contributed by atoms with Gasteiger partial charge < -0.3 is 15.2 Å². The van der Waals surface area contributed by atoms with Crippen LogP contribution in [0.1, 0.15) is 25.2 Å². The SMILES string of the molecule is CN=C(NCCc1cccc(F)c1)NCc1nccn1CC(C)C.I. The first-order chi connectivity index (χ1) is 11.6. The van der Waals surface area contributed by atoms with E-state index in [2.05, 4.69) is 39.0 Å². The Bertz CT molecular complexity index is 669. The van der Waals surface area contributed by atoms with Gasteiger partial charge in [-0.3, -0.25) is 4.99 Å². The van der Waals surface area contributed by atoms with Gasteiger partial charge in [-0.1, -0.05) is 26.0 Å². The first kappa shape index (κ1) is 21.4. The number of hydrogen-bond donors (Lipinski definition) is 2. The second-order valence-electron chi connectivity index (χ2n) is 6.12. The van der Waals surface area contributed by atoms with Crippen molar-refractivity contribution in [2.24, 2.45) is 10.9 Å². The Balaban J connectivity index is 0.00000312. The largest absolute Gasteiger partial charge is 0.356 e. The van der Waals surface area contributed by atoms with E-state index in [9.17, 15) is 4.39 Å². The van der Waals surface area contributed by atoms with E-state index in [1.807, 2.05) is 18.5 Å². The van der Waals surface area contributed by atoms with Crippen LogP contribution in [0, 0.1) is 11.7 Å². The molecule has 2 rings (SSSR count). The number of imidazole rings is 1. The van der Waals surface area contributed by atoms with Crippen molar-refractivity contribution in [3.05, 3.63) is 53.9 Å². The molecule has 0 saturated heterocycles. The zero-order valence-electron chi connectivity index (χ0n) is 15.0. The molecule has 138 valence electrons. The van der Waals surface area contributed by atoms with Crippen molar-refractivity contribution in [2.75, 3.05) is 13.6 Å². The van der Waals surface area contributed by atoms with Gasteiger partial charge in [0.2, 0.25) is 0 Å². The fraction of sp³-hybridized carbons (Fsp3) is 0.444. The average Bonchev–Trinajstić information content (AvgIpc) is 2.97.